The van der Waals surface area contributed by atoms with Gasteiger partial charge < -0.3 is 21.5 Å². The summed E-state index contributed by atoms with van der Waals surface area (Å²) in [4.78, 5) is 7.92. The van der Waals surface area contributed by atoms with Gasteiger partial charge in [-0.2, -0.15) is 4.99 Å². The van der Waals surface area contributed by atoms with Gasteiger partial charge in [0.25, 0.3) is 0 Å². The van der Waals surface area contributed by atoms with Gasteiger partial charge in [-0.15, -0.1) is 13.2 Å². The molecule has 0 radical (unpaired) electrons. The maximum atomic E-state index is 12.0. The van der Waals surface area contributed by atoms with E-state index in [1.807, 2.05) is 0 Å². The third-order valence-electron chi connectivity index (χ3n) is 2.80. The van der Waals surface area contributed by atoms with Crippen LogP contribution in [-0.4, -0.2) is 24.8 Å². The minimum Gasteiger partial charge on any atom is -0.406 e. The molecule has 1 aliphatic rings. The fourth-order valence-corrected chi connectivity index (χ4v) is 1.60. The van der Waals surface area contributed by atoms with Gasteiger partial charge in [0.05, 0.1) is 0 Å². The van der Waals surface area contributed by atoms with Crippen molar-refractivity contribution in [1.29, 1.82) is 0 Å². The summed E-state index contributed by atoms with van der Waals surface area (Å²) >= 11 is 0. The summed E-state index contributed by atoms with van der Waals surface area (Å²) in [7, 11) is 0. The van der Waals surface area contributed by atoms with Crippen molar-refractivity contribution in [3.05, 3.63) is 24.3 Å². The fraction of sp³-hybridized carbons (Fsp3) is 0.385. The molecule has 22 heavy (non-hydrogen) atoms. The lowest BCUT2D eigenvalue weighted by Crippen LogP contribution is -2.26. The molecule has 1 aromatic carbocycles. The molecule has 0 unspecified atom stereocenters. The summed E-state index contributed by atoms with van der Waals surface area (Å²) in [5.74, 6) is 0.332. The molecule has 1 saturated carbocycles. The quantitative estimate of drug-likeness (QED) is 0.585. The lowest BCUT2D eigenvalue weighted by molar-refractivity contribution is -0.274. The summed E-state index contributed by atoms with van der Waals surface area (Å²) in [6.45, 7) is 0.631. The van der Waals surface area contributed by atoms with E-state index in [0.29, 0.717) is 18.2 Å². The van der Waals surface area contributed by atoms with Gasteiger partial charge in [0, 0.05) is 12.2 Å². The van der Waals surface area contributed by atoms with Crippen molar-refractivity contribution < 1.29 is 17.9 Å². The molecule has 2 rings (SSSR count). The second-order valence-corrected chi connectivity index (χ2v) is 4.84. The molecule has 0 heterocycles. The molecule has 9 heteroatoms. The molecule has 120 valence electrons. The number of guanidine groups is 2. The van der Waals surface area contributed by atoms with E-state index >= 15 is 0 Å². The van der Waals surface area contributed by atoms with Gasteiger partial charge in [0.15, 0.2) is 0 Å². The van der Waals surface area contributed by atoms with Crippen LogP contribution < -0.4 is 21.5 Å². The predicted molar refractivity (Wildman–Crippen MR) is 77.6 cm³/mol. The van der Waals surface area contributed by atoms with E-state index in [0.717, 1.165) is 25.0 Å². The molecule has 1 fully saturated rings. The second kappa shape index (κ2) is 6.54. The van der Waals surface area contributed by atoms with Crippen LogP contribution in [0.15, 0.2) is 34.3 Å². The van der Waals surface area contributed by atoms with E-state index in [1.165, 1.54) is 12.1 Å². The molecule has 1 aliphatic carbocycles. The highest BCUT2D eigenvalue weighted by Crippen LogP contribution is 2.28. The second-order valence-electron chi connectivity index (χ2n) is 4.84. The highest BCUT2D eigenvalue weighted by atomic mass is 19.4. The number of benzene rings is 1. The summed E-state index contributed by atoms with van der Waals surface area (Å²) in [5.41, 5.74) is 11.7. The number of halogens is 3. The standard InChI is InChI=1S/C13H16F3N5O/c14-13(15,16)22-10-5-3-9(4-6-10)20-12(18)21-11(17)19-7-8-1-2-8/h3-6,8H,1-2,7H2,(H5,17,18,19,20,21). The van der Waals surface area contributed by atoms with Gasteiger partial charge in [-0.1, -0.05) is 0 Å². The zero-order valence-electron chi connectivity index (χ0n) is 11.6. The van der Waals surface area contributed by atoms with Gasteiger partial charge in [-0.05, 0) is 43.0 Å². The number of nitrogens with two attached hydrogens (primary N) is 2. The van der Waals surface area contributed by atoms with Crippen LogP contribution in [-0.2, 0) is 0 Å². The smallest absolute Gasteiger partial charge is 0.406 e. The Balaban J connectivity index is 1.90. The zero-order valence-corrected chi connectivity index (χ0v) is 11.6. The van der Waals surface area contributed by atoms with Crippen LogP contribution in [0.4, 0.5) is 18.9 Å². The topological polar surface area (TPSA) is 98.0 Å². The van der Waals surface area contributed by atoms with Crippen LogP contribution >= 0.6 is 0 Å². The Morgan fingerprint density at radius 1 is 1.23 bits per heavy atom. The van der Waals surface area contributed by atoms with Crippen molar-refractivity contribution in [3.8, 4) is 5.75 Å². The first-order valence-corrected chi connectivity index (χ1v) is 6.59. The van der Waals surface area contributed by atoms with E-state index in [9.17, 15) is 13.2 Å². The fourth-order valence-electron chi connectivity index (χ4n) is 1.60. The third-order valence-corrected chi connectivity index (χ3v) is 2.80. The summed E-state index contributed by atoms with van der Waals surface area (Å²) < 4.78 is 39.8. The Bertz CT molecular complexity index is 564. The van der Waals surface area contributed by atoms with Crippen molar-refractivity contribution in [2.24, 2.45) is 27.4 Å². The minimum absolute atomic E-state index is 0.00142. The van der Waals surface area contributed by atoms with Crippen LogP contribution in [0, 0.1) is 5.92 Å². The molecule has 0 bridgehead atoms. The average molecular weight is 315 g/mol. The maximum absolute atomic E-state index is 12.0. The number of alkyl halides is 3. The van der Waals surface area contributed by atoms with E-state index in [1.54, 1.807) is 0 Å². The Kier molecular flexibility index (Phi) is 4.74. The number of hydrogen-bond donors (Lipinski definition) is 3. The molecule has 0 spiro atoms. The highest BCUT2D eigenvalue weighted by Gasteiger charge is 2.30. The predicted octanol–water partition coefficient (Wildman–Crippen LogP) is 2.04. The molecule has 0 aromatic heterocycles. The van der Waals surface area contributed by atoms with Crippen molar-refractivity contribution in [3.63, 3.8) is 0 Å². The normalized spacial score (nSPS) is 16.5. The van der Waals surface area contributed by atoms with Gasteiger partial charge >= 0.3 is 6.36 Å². The number of ether oxygens (including phenoxy) is 1. The van der Waals surface area contributed by atoms with Crippen molar-refractivity contribution in [2.75, 3.05) is 11.9 Å². The Morgan fingerprint density at radius 2 is 1.86 bits per heavy atom. The largest absolute Gasteiger partial charge is 0.573 e. The SMILES string of the molecule is NC(=NCC1CC1)N=C(N)Nc1ccc(OC(F)(F)F)cc1. The van der Waals surface area contributed by atoms with E-state index in [-0.39, 0.29) is 17.7 Å². The molecule has 0 aliphatic heterocycles. The maximum Gasteiger partial charge on any atom is 0.573 e. The Labute approximate surface area is 125 Å². The molecular formula is C13H16F3N5O. The average Bonchev–Trinajstić information content (AvgIpc) is 3.21. The zero-order chi connectivity index (χ0) is 16.2. The van der Waals surface area contributed by atoms with Gasteiger partial charge in [-0.25, -0.2) is 0 Å². The third kappa shape index (κ3) is 5.90. The van der Waals surface area contributed by atoms with E-state index in [4.69, 9.17) is 11.5 Å². The van der Waals surface area contributed by atoms with Crippen LogP contribution in [0.2, 0.25) is 0 Å². The van der Waals surface area contributed by atoms with Crippen LogP contribution in [0.3, 0.4) is 0 Å². The van der Waals surface area contributed by atoms with Gasteiger partial charge in [0.1, 0.15) is 5.75 Å². The first-order valence-electron chi connectivity index (χ1n) is 6.59. The lowest BCUT2D eigenvalue weighted by atomic mass is 10.3. The number of rotatable bonds is 4. The molecule has 0 atom stereocenters. The molecule has 5 N–H and O–H groups in total. The number of nitrogens with zero attached hydrogens (tertiary/aromatic N) is 2. The minimum atomic E-state index is -4.72. The molecule has 0 amide bonds. The van der Waals surface area contributed by atoms with Crippen LogP contribution in [0.5, 0.6) is 5.75 Å². The number of anilines is 1. The van der Waals surface area contributed by atoms with Crippen molar-refractivity contribution in [2.45, 2.75) is 19.2 Å². The number of aliphatic imine (C=N–C) groups is 2. The van der Waals surface area contributed by atoms with E-state index in [2.05, 4.69) is 20.0 Å². The monoisotopic (exact) mass is 315 g/mol. The van der Waals surface area contributed by atoms with Crippen molar-refractivity contribution in [1.82, 2.24) is 0 Å². The summed E-state index contributed by atoms with van der Waals surface area (Å²) in [6, 6.07) is 5.07. The van der Waals surface area contributed by atoms with Crippen molar-refractivity contribution >= 4 is 17.6 Å². The molecule has 1 aromatic rings. The molecule has 0 saturated heterocycles. The van der Waals surface area contributed by atoms with Gasteiger partial charge in [0.2, 0.25) is 11.9 Å². The van der Waals surface area contributed by atoms with Crippen LogP contribution in [0.25, 0.3) is 0 Å². The highest BCUT2D eigenvalue weighted by molar-refractivity contribution is 6.00. The first kappa shape index (κ1) is 15.9. The Hall–Kier alpha value is -2.45. The molecular weight excluding hydrogens is 299 g/mol. The number of nitrogens with one attached hydrogen (secondary N) is 1. The van der Waals surface area contributed by atoms with Gasteiger partial charge in [-0.3, -0.25) is 4.99 Å². The van der Waals surface area contributed by atoms with Crippen LogP contribution in [0.1, 0.15) is 12.8 Å². The summed E-state index contributed by atoms with van der Waals surface area (Å²) in [6.07, 6.45) is -2.41. The number of hydrogen-bond acceptors (Lipinski definition) is 2. The Morgan fingerprint density at radius 3 is 2.41 bits per heavy atom. The summed E-state index contributed by atoms with van der Waals surface area (Å²) in [5, 5.41) is 2.70. The van der Waals surface area contributed by atoms with E-state index < -0.39 is 6.36 Å². The first-order chi connectivity index (χ1) is 10.3. The molecule has 6 nitrogen and oxygen atoms in total. The lowest BCUT2D eigenvalue weighted by Gasteiger charge is -2.10.